The number of benzene rings is 1. The predicted octanol–water partition coefficient (Wildman–Crippen LogP) is 3.06. The maximum atomic E-state index is 12.2. The zero-order valence-electron chi connectivity index (χ0n) is 13.7. The Morgan fingerprint density at radius 1 is 1.17 bits per heavy atom. The number of Topliss-reactive ketones (excluding diaryl/α,β-unsaturated/α-hetero) is 1. The van der Waals surface area contributed by atoms with Crippen molar-refractivity contribution in [1.82, 2.24) is 0 Å². The van der Waals surface area contributed by atoms with Gasteiger partial charge in [-0.3, -0.25) is 4.79 Å². The summed E-state index contributed by atoms with van der Waals surface area (Å²) in [6, 6.07) is 7.85. The van der Waals surface area contributed by atoms with Crippen molar-refractivity contribution in [3.63, 3.8) is 0 Å². The lowest BCUT2D eigenvalue weighted by Crippen LogP contribution is -2.15. The van der Waals surface area contributed by atoms with E-state index in [0.29, 0.717) is 10.4 Å². The molecule has 0 radical (unpaired) electrons. The predicted molar refractivity (Wildman–Crippen MR) is 92.6 cm³/mol. The van der Waals surface area contributed by atoms with Crippen LogP contribution >= 0.6 is 11.3 Å². The first-order valence-corrected chi connectivity index (χ1v) is 10.0. The molecule has 0 aliphatic carbocycles. The van der Waals surface area contributed by atoms with E-state index in [1.165, 1.54) is 23.5 Å². The molecule has 0 aliphatic rings. The van der Waals surface area contributed by atoms with Gasteiger partial charge in [-0.15, -0.1) is 11.3 Å². The summed E-state index contributed by atoms with van der Waals surface area (Å²) in [5.74, 6) is -0.983. The van der Waals surface area contributed by atoms with E-state index in [4.69, 9.17) is 4.74 Å². The molecule has 2 aromatic rings. The van der Waals surface area contributed by atoms with Gasteiger partial charge < -0.3 is 4.74 Å². The molecule has 1 aromatic carbocycles. The first kappa shape index (κ1) is 18.4. The summed E-state index contributed by atoms with van der Waals surface area (Å²) in [6.07, 6.45) is 1.91. The highest BCUT2D eigenvalue weighted by Crippen LogP contribution is 2.19. The first-order valence-electron chi connectivity index (χ1n) is 7.32. The smallest absolute Gasteiger partial charge is 0.338 e. The van der Waals surface area contributed by atoms with Gasteiger partial charge in [0.25, 0.3) is 0 Å². The van der Waals surface area contributed by atoms with Crippen molar-refractivity contribution in [2.45, 2.75) is 25.2 Å². The Hall–Kier alpha value is -1.99. The van der Waals surface area contributed by atoms with Crippen LogP contribution in [0.5, 0.6) is 0 Å². The average molecular weight is 366 g/mol. The SMILES string of the molecule is CCc1ccc(C(=O)COC(=O)c2cc(S(C)(=O)=O)ccc2C)s1. The van der Waals surface area contributed by atoms with E-state index in [9.17, 15) is 18.0 Å². The van der Waals surface area contributed by atoms with Gasteiger partial charge in [-0.25, -0.2) is 13.2 Å². The molecule has 0 bridgehead atoms. The first-order chi connectivity index (χ1) is 11.2. The minimum absolute atomic E-state index is 0.0391. The Kier molecular flexibility index (Phi) is 5.56. The minimum Gasteiger partial charge on any atom is -0.454 e. The quantitative estimate of drug-likeness (QED) is 0.580. The fraction of sp³-hybridized carbons (Fsp3) is 0.294. The number of sulfone groups is 1. The van der Waals surface area contributed by atoms with Crippen molar-refractivity contribution in [2.75, 3.05) is 12.9 Å². The molecule has 1 heterocycles. The molecule has 1 aromatic heterocycles. The molecule has 0 N–H and O–H groups in total. The number of hydrogen-bond donors (Lipinski definition) is 0. The number of ether oxygens (including phenoxy) is 1. The van der Waals surface area contributed by atoms with Crippen LogP contribution in [0, 0.1) is 6.92 Å². The summed E-state index contributed by atoms with van der Waals surface area (Å²) in [5.41, 5.74) is 0.732. The second-order valence-electron chi connectivity index (χ2n) is 5.37. The van der Waals surface area contributed by atoms with E-state index in [-0.39, 0.29) is 22.8 Å². The molecule has 0 amide bonds. The second-order valence-corrected chi connectivity index (χ2v) is 8.55. The highest BCUT2D eigenvalue weighted by atomic mass is 32.2. The van der Waals surface area contributed by atoms with Crippen LogP contribution in [0.25, 0.3) is 0 Å². The van der Waals surface area contributed by atoms with Crippen LogP contribution in [-0.4, -0.2) is 33.0 Å². The van der Waals surface area contributed by atoms with Gasteiger partial charge in [0.15, 0.2) is 16.4 Å². The number of rotatable bonds is 6. The van der Waals surface area contributed by atoms with Crippen LogP contribution in [0.4, 0.5) is 0 Å². The van der Waals surface area contributed by atoms with Crippen molar-refractivity contribution in [3.05, 3.63) is 51.2 Å². The molecule has 0 atom stereocenters. The Labute approximate surface area is 145 Å². The number of thiophene rings is 1. The lowest BCUT2D eigenvalue weighted by molar-refractivity contribution is 0.0475. The van der Waals surface area contributed by atoms with E-state index in [2.05, 4.69) is 0 Å². The highest BCUT2D eigenvalue weighted by molar-refractivity contribution is 7.90. The number of aryl methyl sites for hydroxylation is 2. The van der Waals surface area contributed by atoms with E-state index < -0.39 is 15.8 Å². The van der Waals surface area contributed by atoms with Gasteiger partial charge >= 0.3 is 5.97 Å². The summed E-state index contributed by atoms with van der Waals surface area (Å²) >= 11 is 1.38. The Morgan fingerprint density at radius 3 is 2.46 bits per heavy atom. The lowest BCUT2D eigenvalue weighted by atomic mass is 10.1. The molecule has 0 saturated carbocycles. The standard InChI is InChI=1S/C17H18O5S2/c1-4-12-6-8-16(23-12)15(18)10-22-17(19)14-9-13(24(3,20)21)7-5-11(14)2/h5-9H,4,10H2,1-3H3. The zero-order chi connectivity index (χ0) is 17.9. The third-order valence-corrected chi connectivity index (χ3v) is 5.86. The molecule has 24 heavy (non-hydrogen) atoms. The van der Waals surface area contributed by atoms with Gasteiger partial charge in [-0.2, -0.15) is 0 Å². The van der Waals surface area contributed by atoms with E-state index in [1.54, 1.807) is 19.1 Å². The Morgan fingerprint density at radius 2 is 1.88 bits per heavy atom. The maximum absolute atomic E-state index is 12.2. The van der Waals surface area contributed by atoms with Crippen molar-refractivity contribution < 1.29 is 22.7 Å². The van der Waals surface area contributed by atoms with Gasteiger partial charge in [0.05, 0.1) is 15.3 Å². The van der Waals surface area contributed by atoms with E-state index >= 15 is 0 Å². The number of carbonyl (C=O) groups is 2. The minimum atomic E-state index is -3.42. The molecule has 128 valence electrons. The summed E-state index contributed by atoms with van der Waals surface area (Å²) < 4.78 is 28.3. The van der Waals surface area contributed by atoms with E-state index in [0.717, 1.165) is 17.6 Å². The van der Waals surface area contributed by atoms with Gasteiger partial charge in [0.2, 0.25) is 5.78 Å². The third-order valence-electron chi connectivity index (χ3n) is 3.48. The fourth-order valence-corrected chi connectivity index (χ4v) is 3.57. The van der Waals surface area contributed by atoms with Crippen LogP contribution in [-0.2, 0) is 21.0 Å². The van der Waals surface area contributed by atoms with Gasteiger partial charge in [-0.05, 0) is 43.2 Å². The van der Waals surface area contributed by atoms with Crippen LogP contribution in [0.2, 0.25) is 0 Å². The number of hydrogen-bond acceptors (Lipinski definition) is 6. The number of carbonyl (C=O) groups excluding carboxylic acids is 2. The van der Waals surface area contributed by atoms with Crippen molar-refractivity contribution in [2.24, 2.45) is 0 Å². The molecule has 0 fully saturated rings. The monoisotopic (exact) mass is 366 g/mol. The van der Waals surface area contributed by atoms with Crippen molar-refractivity contribution in [3.8, 4) is 0 Å². The second kappa shape index (κ2) is 7.27. The van der Waals surface area contributed by atoms with Crippen molar-refractivity contribution >= 4 is 32.9 Å². The molecule has 0 spiro atoms. The van der Waals surface area contributed by atoms with Crippen molar-refractivity contribution in [1.29, 1.82) is 0 Å². The van der Waals surface area contributed by atoms with Crippen LogP contribution in [0.3, 0.4) is 0 Å². The van der Waals surface area contributed by atoms with Crippen LogP contribution in [0.15, 0.2) is 35.2 Å². The normalized spacial score (nSPS) is 11.3. The summed E-state index contributed by atoms with van der Waals surface area (Å²) in [5, 5.41) is 0. The maximum Gasteiger partial charge on any atom is 0.338 e. The molecular formula is C17H18O5S2. The zero-order valence-corrected chi connectivity index (χ0v) is 15.3. The molecule has 2 rings (SSSR count). The number of ketones is 1. The third kappa shape index (κ3) is 4.30. The number of esters is 1. The molecule has 7 heteroatoms. The Bertz CT molecular complexity index is 878. The van der Waals surface area contributed by atoms with Gasteiger partial charge in [0, 0.05) is 11.1 Å². The summed E-state index contributed by atoms with van der Waals surface area (Å²) in [7, 11) is -3.42. The molecule has 5 nitrogen and oxygen atoms in total. The Balaban J connectivity index is 2.11. The van der Waals surface area contributed by atoms with Gasteiger partial charge in [0.1, 0.15) is 0 Å². The van der Waals surface area contributed by atoms with Crippen LogP contribution < -0.4 is 0 Å². The fourth-order valence-electron chi connectivity index (χ4n) is 2.05. The van der Waals surface area contributed by atoms with E-state index in [1.807, 2.05) is 13.0 Å². The largest absolute Gasteiger partial charge is 0.454 e. The lowest BCUT2D eigenvalue weighted by Gasteiger charge is -2.08. The highest BCUT2D eigenvalue weighted by Gasteiger charge is 2.17. The topological polar surface area (TPSA) is 77.5 Å². The molecule has 0 unspecified atom stereocenters. The molecule has 0 aliphatic heterocycles. The molecule has 0 saturated heterocycles. The summed E-state index contributed by atoms with van der Waals surface area (Å²) in [4.78, 5) is 25.9. The average Bonchev–Trinajstić information content (AvgIpc) is 3.00. The van der Waals surface area contributed by atoms with Gasteiger partial charge in [-0.1, -0.05) is 13.0 Å². The van der Waals surface area contributed by atoms with Crippen LogP contribution in [0.1, 0.15) is 37.4 Å². The molecular weight excluding hydrogens is 348 g/mol. The summed E-state index contributed by atoms with van der Waals surface area (Å²) in [6.45, 7) is 3.31.